The van der Waals surface area contributed by atoms with Crippen LogP contribution in [0, 0.1) is 24.2 Å². The van der Waals surface area contributed by atoms with Gasteiger partial charge in [-0.15, -0.1) is 11.3 Å². The zero-order valence-electron chi connectivity index (χ0n) is 19.0. The molecule has 0 saturated heterocycles. The molecule has 1 aromatic carbocycles. The van der Waals surface area contributed by atoms with E-state index in [2.05, 4.69) is 26.3 Å². The summed E-state index contributed by atoms with van der Waals surface area (Å²) in [7, 11) is 0. The molecule has 33 heavy (non-hydrogen) atoms. The Morgan fingerprint density at radius 1 is 1.33 bits per heavy atom. The number of nitriles is 1. The van der Waals surface area contributed by atoms with Gasteiger partial charge < -0.3 is 20.5 Å². The van der Waals surface area contributed by atoms with E-state index in [1.165, 1.54) is 11.3 Å². The molecule has 1 atom stereocenters. The van der Waals surface area contributed by atoms with Gasteiger partial charge in [-0.1, -0.05) is 13.8 Å². The average Bonchev–Trinajstić information content (AvgIpc) is 3.15. The summed E-state index contributed by atoms with van der Waals surface area (Å²) in [5.74, 6) is 1.05. The van der Waals surface area contributed by atoms with Gasteiger partial charge in [-0.25, -0.2) is 19.7 Å². The van der Waals surface area contributed by atoms with Crippen LogP contribution in [0.25, 0.3) is 11.3 Å². The molecule has 172 valence electrons. The van der Waals surface area contributed by atoms with Crippen molar-refractivity contribution >= 4 is 28.5 Å². The summed E-state index contributed by atoms with van der Waals surface area (Å²) < 4.78 is 11.2. The first-order chi connectivity index (χ1) is 15.7. The van der Waals surface area contributed by atoms with E-state index < -0.39 is 11.7 Å². The molecule has 0 radical (unpaired) electrons. The maximum atomic E-state index is 11.3. The molecule has 0 aliphatic carbocycles. The predicted molar refractivity (Wildman–Crippen MR) is 126 cm³/mol. The van der Waals surface area contributed by atoms with Crippen LogP contribution >= 0.6 is 11.3 Å². The molecular formula is C23H26N6O3S. The number of nitrogens with one attached hydrogen (secondary N) is 1. The zero-order valence-corrected chi connectivity index (χ0v) is 19.8. The lowest BCUT2D eigenvalue weighted by atomic mass is 9.95. The highest BCUT2D eigenvalue weighted by Crippen LogP contribution is 2.29. The Morgan fingerprint density at radius 2 is 2.12 bits per heavy atom. The Balaban J connectivity index is 1.79. The number of amides is 1. The highest BCUT2D eigenvalue weighted by atomic mass is 32.1. The van der Waals surface area contributed by atoms with Gasteiger partial charge in [0, 0.05) is 17.1 Å². The second kappa shape index (κ2) is 10.3. The number of aromatic nitrogens is 3. The molecular weight excluding hydrogens is 440 g/mol. The van der Waals surface area contributed by atoms with E-state index in [9.17, 15) is 10.1 Å². The Labute approximate surface area is 196 Å². The van der Waals surface area contributed by atoms with Gasteiger partial charge in [-0.2, -0.15) is 5.26 Å². The van der Waals surface area contributed by atoms with E-state index in [1.807, 2.05) is 32.2 Å². The number of benzene rings is 1. The molecule has 2 aromatic heterocycles. The third-order valence-corrected chi connectivity index (χ3v) is 5.48. The summed E-state index contributed by atoms with van der Waals surface area (Å²) in [6.45, 7) is 7.77. The minimum absolute atomic E-state index is 0.0664. The number of rotatable bonds is 9. The summed E-state index contributed by atoms with van der Waals surface area (Å²) in [5.41, 5.74) is 6.96. The highest BCUT2D eigenvalue weighted by molar-refractivity contribution is 7.13. The van der Waals surface area contributed by atoms with Crippen molar-refractivity contribution in [3.8, 4) is 23.1 Å². The maximum absolute atomic E-state index is 11.3. The fourth-order valence-corrected chi connectivity index (χ4v) is 4.14. The van der Waals surface area contributed by atoms with E-state index >= 15 is 0 Å². The van der Waals surface area contributed by atoms with E-state index in [1.54, 1.807) is 31.3 Å². The molecule has 0 fully saturated rings. The number of thiazole rings is 1. The Morgan fingerprint density at radius 3 is 2.76 bits per heavy atom. The molecule has 3 aromatic rings. The van der Waals surface area contributed by atoms with Crippen LogP contribution in [0.15, 0.2) is 35.8 Å². The molecule has 9 nitrogen and oxygen atoms in total. The monoisotopic (exact) mass is 466 g/mol. The number of primary amides is 1. The van der Waals surface area contributed by atoms with Crippen LogP contribution in [0.4, 0.5) is 15.9 Å². The first kappa shape index (κ1) is 23.9. The summed E-state index contributed by atoms with van der Waals surface area (Å²) in [6, 6.07) is 9.13. The largest absolute Gasteiger partial charge is 0.488 e. The number of hydrogen-bond donors (Lipinski definition) is 2. The molecule has 10 heteroatoms. The van der Waals surface area contributed by atoms with Crippen LogP contribution in [0.5, 0.6) is 5.75 Å². The van der Waals surface area contributed by atoms with Crippen LogP contribution in [0.1, 0.15) is 38.4 Å². The minimum atomic E-state index is -0.910. The molecule has 0 spiro atoms. The van der Waals surface area contributed by atoms with E-state index in [4.69, 9.17) is 15.2 Å². The third-order valence-electron chi connectivity index (χ3n) is 4.61. The normalized spacial score (nSPS) is 12.6. The zero-order chi connectivity index (χ0) is 24.0. The summed E-state index contributed by atoms with van der Waals surface area (Å²) in [6.07, 6.45) is 1.34. The number of aryl methyl sites for hydroxylation is 1. The number of carbonyl (C=O) groups excluding carboxylic acids is 1. The van der Waals surface area contributed by atoms with Gasteiger partial charge in [0.1, 0.15) is 24.0 Å². The van der Waals surface area contributed by atoms with Gasteiger partial charge in [-0.3, -0.25) is 0 Å². The fraction of sp³-hybridized carbons (Fsp3) is 0.348. The molecule has 2 heterocycles. The Hall–Kier alpha value is -3.71. The molecule has 0 saturated carbocycles. The van der Waals surface area contributed by atoms with Crippen molar-refractivity contribution in [1.82, 2.24) is 15.0 Å². The molecule has 0 bridgehead atoms. The van der Waals surface area contributed by atoms with Gasteiger partial charge in [0.05, 0.1) is 17.0 Å². The number of nitrogens with two attached hydrogens (primary N) is 1. The van der Waals surface area contributed by atoms with Crippen molar-refractivity contribution < 1.29 is 14.3 Å². The molecule has 0 aliphatic rings. The van der Waals surface area contributed by atoms with E-state index in [0.717, 1.165) is 11.3 Å². The lowest BCUT2D eigenvalue weighted by Gasteiger charge is -2.30. The molecule has 3 N–H and O–H groups in total. The van der Waals surface area contributed by atoms with Crippen molar-refractivity contribution in [3.63, 3.8) is 0 Å². The first-order valence-electron chi connectivity index (χ1n) is 10.4. The Bertz CT molecular complexity index is 1170. The molecule has 1 amide bonds. The predicted octanol–water partition coefficient (Wildman–Crippen LogP) is 4.80. The van der Waals surface area contributed by atoms with Crippen LogP contribution < -0.4 is 15.8 Å². The summed E-state index contributed by atoms with van der Waals surface area (Å²) in [4.78, 5) is 24.5. The number of nitrogens with zero attached hydrogens (tertiary/aromatic N) is 4. The average molecular weight is 467 g/mol. The van der Waals surface area contributed by atoms with Crippen LogP contribution in [0.2, 0.25) is 0 Å². The van der Waals surface area contributed by atoms with Gasteiger partial charge in [0.15, 0.2) is 5.13 Å². The minimum Gasteiger partial charge on any atom is -0.488 e. The summed E-state index contributed by atoms with van der Waals surface area (Å²) >= 11 is 1.47. The smallest absolute Gasteiger partial charge is 0.405 e. The first-order valence-corrected chi connectivity index (χ1v) is 11.2. The quantitative estimate of drug-likeness (QED) is 0.459. The van der Waals surface area contributed by atoms with Crippen molar-refractivity contribution in [3.05, 3.63) is 47.1 Å². The SMILES string of the molecule is Cc1csc(Nc2nccc(-c3ccc(OC[C@](C)(CC(C)C)OC(N)=O)c(C#N)c3)n2)n1. The second-order valence-corrected chi connectivity index (χ2v) is 9.12. The van der Waals surface area contributed by atoms with Crippen LogP contribution in [-0.4, -0.2) is 33.3 Å². The van der Waals surface area contributed by atoms with Crippen molar-refractivity contribution in [2.75, 3.05) is 11.9 Å². The van der Waals surface area contributed by atoms with E-state index in [-0.39, 0.29) is 12.5 Å². The number of ether oxygens (including phenoxy) is 2. The highest BCUT2D eigenvalue weighted by Gasteiger charge is 2.30. The number of anilines is 2. The number of hydrogen-bond acceptors (Lipinski definition) is 9. The van der Waals surface area contributed by atoms with E-state index in [0.29, 0.717) is 34.5 Å². The maximum Gasteiger partial charge on any atom is 0.405 e. The third kappa shape index (κ3) is 6.63. The topological polar surface area (TPSA) is 136 Å². The number of carbonyl (C=O) groups is 1. The van der Waals surface area contributed by atoms with Crippen LogP contribution in [-0.2, 0) is 4.74 Å². The van der Waals surface area contributed by atoms with Gasteiger partial charge in [0.25, 0.3) is 0 Å². The fourth-order valence-electron chi connectivity index (χ4n) is 3.46. The van der Waals surface area contributed by atoms with Gasteiger partial charge >= 0.3 is 6.09 Å². The van der Waals surface area contributed by atoms with Crippen molar-refractivity contribution in [2.24, 2.45) is 11.7 Å². The van der Waals surface area contributed by atoms with Gasteiger partial charge in [0.2, 0.25) is 5.95 Å². The second-order valence-electron chi connectivity index (χ2n) is 8.26. The van der Waals surface area contributed by atoms with Crippen molar-refractivity contribution in [2.45, 2.75) is 39.7 Å². The van der Waals surface area contributed by atoms with Crippen molar-refractivity contribution in [1.29, 1.82) is 5.26 Å². The lowest BCUT2D eigenvalue weighted by Crippen LogP contribution is -2.41. The standard InChI is InChI=1S/C23H26N6O3S/c1-14(2)10-23(4,32-20(25)30)13-31-19-6-5-16(9-17(19)11-24)18-7-8-26-21(28-18)29-22-27-15(3)12-33-22/h5-9,12,14H,10,13H2,1-4H3,(H2,25,30)(H,26,27,28,29)/t23-/m0/s1. The lowest BCUT2D eigenvalue weighted by molar-refractivity contribution is -0.0186. The van der Waals surface area contributed by atoms with Gasteiger partial charge in [-0.05, 0) is 50.5 Å². The Kier molecular flexibility index (Phi) is 7.45. The van der Waals surface area contributed by atoms with Crippen LogP contribution in [0.3, 0.4) is 0 Å². The summed E-state index contributed by atoms with van der Waals surface area (Å²) in [5, 5.41) is 15.4. The molecule has 0 unspecified atom stereocenters. The molecule has 0 aliphatic heterocycles. The molecule has 3 rings (SSSR count).